The molecule has 128 valence electrons. The van der Waals surface area contributed by atoms with Crippen molar-refractivity contribution >= 4 is 0 Å². The van der Waals surface area contributed by atoms with Crippen LogP contribution in [0.15, 0.2) is 0 Å². The molecule has 6 heteroatoms. The Bertz CT molecular complexity index is 208. The molecule has 21 heavy (non-hydrogen) atoms. The van der Waals surface area contributed by atoms with Crippen LogP contribution in [0.25, 0.3) is 0 Å². The molecule has 2 fully saturated rings. The van der Waals surface area contributed by atoms with E-state index in [1.54, 1.807) is 0 Å². The summed E-state index contributed by atoms with van der Waals surface area (Å²) in [5.41, 5.74) is 32.8. The van der Waals surface area contributed by atoms with Crippen molar-refractivity contribution in [3.63, 3.8) is 0 Å². The molecule has 0 spiro atoms. The molecule has 3 unspecified atom stereocenters. The van der Waals surface area contributed by atoms with Crippen molar-refractivity contribution in [3.8, 4) is 0 Å². The third-order valence-electron chi connectivity index (χ3n) is 4.06. The predicted octanol–water partition coefficient (Wildman–Crippen LogP) is -0.278. The molecule has 0 amide bonds. The van der Waals surface area contributed by atoms with Crippen LogP contribution in [0.1, 0.15) is 58.3 Å². The summed E-state index contributed by atoms with van der Waals surface area (Å²) in [5.74, 6) is 0. The van der Waals surface area contributed by atoms with Crippen LogP contribution in [-0.4, -0.2) is 36.8 Å². The Kier molecular flexibility index (Phi) is 12.2. The SMILES string of the molecule is CC(N)CN.NC1CCC(N)CC1.NC1CCCCC1N. The lowest BCUT2D eigenvalue weighted by Crippen LogP contribution is -2.43. The van der Waals surface area contributed by atoms with Crippen LogP contribution in [0.2, 0.25) is 0 Å². The molecular weight excluding hydrogens is 264 g/mol. The van der Waals surface area contributed by atoms with E-state index >= 15 is 0 Å². The number of hydrogen-bond acceptors (Lipinski definition) is 6. The number of rotatable bonds is 1. The van der Waals surface area contributed by atoms with E-state index in [0.29, 0.717) is 18.6 Å². The number of nitrogens with two attached hydrogens (primary N) is 6. The Morgan fingerprint density at radius 3 is 1.24 bits per heavy atom. The molecule has 2 saturated carbocycles. The van der Waals surface area contributed by atoms with E-state index in [0.717, 1.165) is 38.5 Å². The van der Waals surface area contributed by atoms with E-state index in [1.807, 2.05) is 6.92 Å². The second-order valence-electron chi connectivity index (χ2n) is 6.50. The first-order valence-electron chi connectivity index (χ1n) is 8.34. The average molecular weight is 303 g/mol. The zero-order chi connectivity index (χ0) is 16.3. The van der Waals surface area contributed by atoms with Crippen molar-refractivity contribution in [2.75, 3.05) is 6.54 Å². The molecule has 2 rings (SSSR count). The fourth-order valence-corrected chi connectivity index (χ4v) is 2.33. The van der Waals surface area contributed by atoms with Gasteiger partial charge in [-0.2, -0.15) is 0 Å². The van der Waals surface area contributed by atoms with Gasteiger partial charge < -0.3 is 34.4 Å². The first-order chi connectivity index (χ1) is 9.86. The van der Waals surface area contributed by atoms with Gasteiger partial charge in [0.25, 0.3) is 0 Å². The molecule has 0 radical (unpaired) electrons. The second kappa shape index (κ2) is 12.3. The van der Waals surface area contributed by atoms with Crippen molar-refractivity contribution < 1.29 is 0 Å². The lowest BCUT2D eigenvalue weighted by atomic mass is 9.92. The normalized spacial score (nSPS) is 33.9. The maximum atomic E-state index is 5.65. The van der Waals surface area contributed by atoms with Crippen LogP contribution < -0.4 is 34.4 Å². The molecular formula is C15H38N6. The third-order valence-corrected chi connectivity index (χ3v) is 4.06. The topological polar surface area (TPSA) is 156 Å². The van der Waals surface area contributed by atoms with Gasteiger partial charge in [0, 0.05) is 36.8 Å². The predicted molar refractivity (Wildman–Crippen MR) is 91.5 cm³/mol. The first kappa shape index (κ1) is 20.8. The molecule has 0 aromatic carbocycles. The lowest BCUT2D eigenvalue weighted by molar-refractivity contribution is 0.385. The molecule has 3 atom stereocenters. The van der Waals surface area contributed by atoms with E-state index in [1.165, 1.54) is 12.8 Å². The fraction of sp³-hybridized carbons (Fsp3) is 1.00. The van der Waals surface area contributed by atoms with Gasteiger partial charge >= 0.3 is 0 Å². The molecule has 0 bridgehead atoms. The van der Waals surface area contributed by atoms with Gasteiger partial charge in [0.05, 0.1) is 0 Å². The van der Waals surface area contributed by atoms with Crippen molar-refractivity contribution in [2.24, 2.45) is 34.4 Å². The Hall–Kier alpha value is -0.240. The maximum Gasteiger partial charge on any atom is 0.0192 e. The van der Waals surface area contributed by atoms with Crippen molar-refractivity contribution in [3.05, 3.63) is 0 Å². The van der Waals surface area contributed by atoms with Gasteiger partial charge in [-0.3, -0.25) is 0 Å². The van der Waals surface area contributed by atoms with E-state index in [4.69, 9.17) is 34.4 Å². The Balaban J connectivity index is 0.000000296. The molecule has 12 N–H and O–H groups in total. The second-order valence-corrected chi connectivity index (χ2v) is 6.50. The van der Waals surface area contributed by atoms with E-state index in [-0.39, 0.29) is 18.1 Å². The summed E-state index contributed by atoms with van der Waals surface area (Å²) in [7, 11) is 0. The van der Waals surface area contributed by atoms with Gasteiger partial charge in [-0.1, -0.05) is 12.8 Å². The molecule has 0 aliphatic heterocycles. The van der Waals surface area contributed by atoms with E-state index in [2.05, 4.69) is 0 Å². The minimum Gasteiger partial charge on any atom is -0.329 e. The highest BCUT2D eigenvalue weighted by Crippen LogP contribution is 2.14. The van der Waals surface area contributed by atoms with Gasteiger partial charge in [0.1, 0.15) is 0 Å². The molecule has 0 saturated heterocycles. The summed E-state index contributed by atoms with van der Waals surface area (Å²) in [6, 6.07) is 1.60. The smallest absolute Gasteiger partial charge is 0.0192 e. The Morgan fingerprint density at radius 2 is 1.05 bits per heavy atom. The molecule has 0 aromatic rings. The molecule has 2 aliphatic rings. The van der Waals surface area contributed by atoms with Gasteiger partial charge in [0.15, 0.2) is 0 Å². The van der Waals surface area contributed by atoms with Crippen LogP contribution in [0.3, 0.4) is 0 Å². The summed E-state index contributed by atoms with van der Waals surface area (Å²) in [6.45, 7) is 2.46. The van der Waals surface area contributed by atoms with Crippen molar-refractivity contribution in [2.45, 2.75) is 88.5 Å². The van der Waals surface area contributed by atoms with Crippen LogP contribution in [0.4, 0.5) is 0 Å². The third kappa shape index (κ3) is 12.0. The zero-order valence-electron chi connectivity index (χ0n) is 13.7. The largest absolute Gasteiger partial charge is 0.329 e. The highest BCUT2D eigenvalue weighted by Gasteiger charge is 2.16. The minimum atomic E-state index is 0.162. The van der Waals surface area contributed by atoms with E-state index < -0.39 is 0 Å². The van der Waals surface area contributed by atoms with Gasteiger partial charge in [-0.15, -0.1) is 0 Å². The summed E-state index contributed by atoms with van der Waals surface area (Å²) >= 11 is 0. The van der Waals surface area contributed by atoms with Crippen LogP contribution in [0, 0.1) is 0 Å². The summed E-state index contributed by atoms with van der Waals surface area (Å²) in [4.78, 5) is 0. The molecule has 0 heterocycles. The van der Waals surface area contributed by atoms with Gasteiger partial charge in [-0.25, -0.2) is 0 Å². The van der Waals surface area contributed by atoms with Gasteiger partial charge in [0.2, 0.25) is 0 Å². The standard InChI is InChI=1S/2C6H14N2.C3H10N2/c7-5-1-2-6(8)4-3-5;7-5-3-1-2-4-6(5)8;1-3(5)2-4/h2*5-6H,1-4,7-8H2;3H,2,4-5H2,1H3. The van der Waals surface area contributed by atoms with Crippen molar-refractivity contribution in [1.82, 2.24) is 0 Å². The van der Waals surface area contributed by atoms with E-state index in [9.17, 15) is 0 Å². The first-order valence-corrected chi connectivity index (χ1v) is 8.34. The Morgan fingerprint density at radius 1 is 0.762 bits per heavy atom. The van der Waals surface area contributed by atoms with Crippen LogP contribution in [0.5, 0.6) is 0 Å². The summed E-state index contributed by atoms with van der Waals surface area (Å²) in [6.07, 6.45) is 9.30. The Labute approximate surface area is 130 Å². The highest BCUT2D eigenvalue weighted by molar-refractivity contribution is 4.79. The summed E-state index contributed by atoms with van der Waals surface area (Å²) < 4.78 is 0. The van der Waals surface area contributed by atoms with Gasteiger partial charge in [-0.05, 0) is 45.4 Å². The lowest BCUT2D eigenvalue weighted by Gasteiger charge is -2.24. The highest BCUT2D eigenvalue weighted by atomic mass is 14.8. The monoisotopic (exact) mass is 302 g/mol. The average Bonchev–Trinajstić information content (AvgIpc) is 2.46. The van der Waals surface area contributed by atoms with Crippen molar-refractivity contribution in [1.29, 1.82) is 0 Å². The summed E-state index contributed by atoms with van der Waals surface area (Å²) in [5, 5.41) is 0. The molecule has 6 nitrogen and oxygen atoms in total. The van der Waals surface area contributed by atoms with Crippen LogP contribution in [-0.2, 0) is 0 Å². The molecule has 0 aromatic heterocycles. The number of hydrogen-bond donors (Lipinski definition) is 6. The molecule has 2 aliphatic carbocycles. The fourth-order valence-electron chi connectivity index (χ4n) is 2.33. The maximum absolute atomic E-state index is 5.65. The minimum absolute atomic E-state index is 0.162. The van der Waals surface area contributed by atoms with Crippen LogP contribution >= 0.6 is 0 Å². The zero-order valence-corrected chi connectivity index (χ0v) is 13.7. The quantitative estimate of drug-likeness (QED) is 0.391.